The minimum absolute atomic E-state index is 0.0395. The van der Waals surface area contributed by atoms with Crippen LogP contribution in [0.1, 0.15) is 18.4 Å². The molecule has 0 aromatic heterocycles. The summed E-state index contributed by atoms with van der Waals surface area (Å²) in [4.78, 5) is 28.4. The fourth-order valence-electron chi connectivity index (χ4n) is 4.04. The van der Waals surface area contributed by atoms with Crippen molar-refractivity contribution in [2.75, 3.05) is 42.9 Å². The maximum atomic E-state index is 12.4. The molecule has 0 spiro atoms. The Balaban J connectivity index is 1.21. The van der Waals surface area contributed by atoms with Crippen LogP contribution in [0.3, 0.4) is 0 Å². The Morgan fingerprint density at radius 1 is 1.00 bits per heavy atom. The first-order valence-electron chi connectivity index (χ1n) is 10.6. The molecule has 4 rings (SSSR count). The predicted molar refractivity (Wildman–Crippen MR) is 119 cm³/mol. The van der Waals surface area contributed by atoms with Gasteiger partial charge in [-0.15, -0.1) is 0 Å². The van der Waals surface area contributed by atoms with Gasteiger partial charge < -0.3 is 20.9 Å². The minimum atomic E-state index is -0.165. The number of anilines is 2. The second-order valence-electron chi connectivity index (χ2n) is 7.95. The first-order valence-corrected chi connectivity index (χ1v) is 10.6. The van der Waals surface area contributed by atoms with Crippen LogP contribution in [0, 0.1) is 0 Å². The Bertz CT molecular complexity index is 848. The summed E-state index contributed by atoms with van der Waals surface area (Å²) in [6, 6.07) is 18.2. The van der Waals surface area contributed by atoms with E-state index in [-0.39, 0.29) is 18.0 Å². The molecule has 0 atom stereocenters. The number of likely N-dealkylation sites (tertiary alicyclic amines) is 1. The van der Waals surface area contributed by atoms with Crippen LogP contribution in [-0.2, 0) is 11.3 Å². The average molecular weight is 408 g/mol. The van der Waals surface area contributed by atoms with Gasteiger partial charge in [-0.1, -0.05) is 30.3 Å². The highest BCUT2D eigenvalue weighted by Crippen LogP contribution is 2.19. The third kappa shape index (κ3) is 5.51. The lowest BCUT2D eigenvalue weighted by molar-refractivity contribution is -0.120. The van der Waals surface area contributed by atoms with Gasteiger partial charge in [-0.25, -0.2) is 4.79 Å². The van der Waals surface area contributed by atoms with E-state index in [2.05, 4.69) is 45.1 Å². The van der Waals surface area contributed by atoms with Crippen molar-refractivity contribution in [1.82, 2.24) is 15.5 Å². The topological polar surface area (TPSA) is 76.7 Å². The summed E-state index contributed by atoms with van der Waals surface area (Å²) in [5.74, 6) is 0.0395. The van der Waals surface area contributed by atoms with Crippen LogP contribution in [0.15, 0.2) is 54.6 Å². The van der Waals surface area contributed by atoms with Crippen LogP contribution < -0.4 is 20.9 Å². The standard InChI is InChI=1S/C23H29N5O2/c29-22-17-28(15-12-24-22)21-8-6-19(7-9-21)25-23(30)26-20-10-13-27(14-11-20)16-18-4-2-1-3-5-18/h1-9,20H,10-17H2,(H,24,29)(H2,25,26,30). The SMILES string of the molecule is O=C1CN(c2ccc(NC(=O)NC3CCN(Cc4ccccc4)CC3)cc2)CCN1. The van der Waals surface area contributed by atoms with E-state index in [9.17, 15) is 9.59 Å². The van der Waals surface area contributed by atoms with Gasteiger partial charge in [0.1, 0.15) is 0 Å². The summed E-state index contributed by atoms with van der Waals surface area (Å²) in [7, 11) is 0. The highest BCUT2D eigenvalue weighted by atomic mass is 16.2. The highest BCUT2D eigenvalue weighted by molar-refractivity contribution is 5.89. The van der Waals surface area contributed by atoms with E-state index >= 15 is 0 Å². The van der Waals surface area contributed by atoms with Crippen LogP contribution in [0.4, 0.5) is 16.2 Å². The Morgan fingerprint density at radius 3 is 2.43 bits per heavy atom. The van der Waals surface area contributed by atoms with Crippen LogP contribution >= 0.6 is 0 Å². The molecule has 2 heterocycles. The second-order valence-corrected chi connectivity index (χ2v) is 7.95. The number of amides is 3. The largest absolute Gasteiger partial charge is 0.360 e. The molecular formula is C23H29N5O2. The monoisotopic (exact) mass is 407 g/mol. The van der Waals surface area contributed by atoms with Crippen molar-refractivity contribution in [1.29, 1.82) is 0 Å². The lowest BCUT2D eigenvalue weighted by Gasteiger charge is -2.32. The molecule has 2 aromatic rings. The number of nitrogens with zero attached hydrogens (tertiary/aromatic N) is 2. The number of carbonyl (C=O) groups is 2. The van der Waals surface area contributed by atoms with E-state index in [1.165, 1.54) is 5.56 Å². The third-order valence-corrected chi connectivity index (χ3v) is 5.70. The van der Waals surface area contributed by atoms with Gasteiger partial charge >= 0.3 is 6.03 Å². The number of urea groups is 1. The van der Waals surface area contributed by atoms with E-state index in [1.807, 2.05) is 35.2 Å². The summed E-state index contributed by atoms with van der Waals surface area (Å²) in [5.41, 5.74) is 3.07. The second kappa shape index (κ2) is 9.63. The number of hydrogen-bond donors (Lipinski definition) is 3. The summed E-state index contributed by atoms with van der Waals surface area (Å²) in [5, 5.41) is 8.84. The third-order valence-electron chi connectivity index (χ3n) is 5.70. The zero-order valence-electron chi connectivity index (χ0n) is 17.1. The summed E-state index contributed by atoms with van der Waals surface area (Å²) in [6.07, 6.45) is 1.91. The Kier molecular flexibility index (Phi) is 6.49. The Morgan fingerprint density at radius 2 is 1.73 bits per heavy atom. The average Bonchev–Trinajstić information content (AvgIpc) is 2.76. The van der Waals surface area contributed by atoms with Gasteiger partial charge in [0.15, 0.2) is 0 Å². The molecule has 3 amide bonds. The number of benzene rings is 2. The molecule has 0 bridgehead atoms. The van der Waals surface area contributed by atoms with Gasteiger partial charge in [0.05, 0.1) is 6.54 Å². The van der Waals surface area contributed by atoms with Crippen molar-refractivity contribution in [2.24, 2.45) is 0 Å². The van der Waals surface area contributed by atoms with Gasteiger partial charge in [-0.2, -0.15) is 0 Å². The predicted octanol–water partition coefficient (Wildman–Crippen LogP) is 2.41. The number of piperidine rings is 1. The van der Waals surface area contributed by atoms with E-state index in [0.29, 0.717) is 13.1 Å². The van der Waals surface area contributed by atoms with E-state index in [0.717, 1.165) is 50.4 Å². The molecule has 0 radical (unpaired) electrons. The molecule has 3 N–H and O–H groups in total. The summed E-state index contributed by atoms with van der Waals surface area (Å²) in [6.45, 7) is 4.75. The number of rotatable bonds is 5. The van der Waals surface area contributed by atoms with Gasteiger partial charge in [-0.05, 0) is 42.7 Å². The number of piperazine rings is 1. The van der Waals surface area contributed by atoms with Crippen LogP contribution in [0.25, 0.3) is 0 Å². The van der Waals surface area contributed by atoms with E-state index in [1.54, 1.807) is 0 Å². The fraction of sp³-hybridized carbons (Fsp3) is 0.391. The van der Waals surface area contributed by atoms with Crippen LogP contribution in [0.2, 0.25) is 0 Å². The number of nitrogens with one attached hydrogen (secondary N) is 3. The molecular weight excluding hydrogens is 378 g/mol. The van der Waals surface area contributed by atoms with Gasteiger partial charge in [0.25, 0.3) is 0 Å². The van der Waals surface area contributed by atoms with Gasteiger partial charge in [0, 0.05) is 50.1 Å². The maximum absolute atomic E-state index is 12.4. The molecule has 2 saturated heterocycles. The number of hydrogen-bond acceptors (Lipinski definition) is 4. The van der Waals surface area contributed by atoms with Crippen molar-refractivity contribution in [2.45, 2.75) is 25.4 Å². The Hall–Kier alpha value is -3.06. The molecule has 7 nitrogen and oxygen atoms in total. The van der Waals surface area contributed by atoms with Crippen molar-refractivity contribution < 1.29 is 9.59 Å². The molecule has 0 saturated carbocycles. The van der Waals surface area contributed by atoms with Gasteiger partial charge in [0.2, 0.25) is 5.91 Å². The maximum Gasteiger partial charge on any atom is 0.319 e. The molecule has 2 fully saturated rings. The zero-order valence-corrected chi connectivity index (χ0v) is 17.1. The normalized spacial score (nSPS) is 18.0. The van der Waals surface area contributed by atoms with Crippen molar-refractivity contribution in [3.05, 3.63) is 60.2 Å². The Labute approximate surface area is 177 Å². The molecule has 0 aliphatic carbocycles. The molecule has 2 aliphatic rings. The molecule has 30 heavy (non-hydrogen) atoms. The van der Waals surface area contributed by atoms with Crippen molar-refractivity contribution in [3.63, 3.8) is 0 Å². The molecule has 158 valence electrons. The molecule has 7 heteroatoms. The van der Waals surface area contributed by atoms with Crippen molar-refractivity contribution >= 4 is 23.3 Å². The first kappa shape index (κ1) is 20.2. The van der Waals surface area contributed by atoms with Gasteiger partial charge in [-0.3, -0.25) is 9.69 Å². The first-order chi connectivity index (χ1) is 14.7. The quantitative estimate of drug-likeness (QED) is 0.711. The smallest absolute Gasteiger partial charge is 0.319 e. The fourth-order valence-corrected chi connectivity index (χ4v) is 4.04. The molecule has 0 unspecified atom stereocenters. The molecule has 2 aliphatic heterocycles. The minimum Gasteiger partial charge on any atom is -0.360 e. The van der Waals surface area contributed by atoms with E-state index < -0.39 is 0 Å². The van der Waals surface area contributed by atoms with E-state index in [4.69, 9.17) is 0 Å². The summed E-state index contributed by atoms with van der Waals surface area (Å²) < 4.78 is 0. The zero-order chi connectivity index (χ0) is 20.8. The number of carbonyl (C=O) groups excluding carboxylic acids is 2. The van der Waals surface area contributed by atoms with Crippen LogP contribution in [-0.4, -0.2) is 55.6 Å². The van der Waals surface area contributed by atoms with Crippen LogP contribution in [0.5, 0.6) is 0 Å². The summed E-state index contributed by atoms with van der Waals surface area (Å²) >= 11 is 0. The lowest BCUT2D eigenvalue weighted by atomic mass is 10.0. The molecule has 2 aromatic carbocycles. The lowest BCUT2D eigenvalue weighted by Crippen LogP contribution is -2.47. The van der Waals surface area contributed by atoms with Crippen molar-refractivity contribution in [3.8, 4) is 0 Å². The highest BCUT2D eigenvalue weighted by Gasteiger charge is 2.21.